The molecule has 1 amide bonds. The van der Waals surface area contributed by atoms with Crippen LogP contribution in [0, 0.1) is 5.82 Å². The Labute approximate surface area is 231 Å². The Hall–Kier alpha value is -2.49. The monoisotopic (exact) mass is 586 g/mol. The highest BCUT2D eigenvalue weighted by Gasteiger charge is 2.30. The minimum Gasteiger partial charge on any atom is -0.354 e. The zero-order valence-corrected chi connectivity index (χ0v) is 23.6. The van der Waals surface area contributed by atoms with Crippen LogP contribution in [-0.4, -0.2) is 47.1 Å². The highest BCUT2D eigenvalue weighted by Crippen LogP contribution is 2.38. The van der Waals surface area contributed by atoms with Gasteiger partial charge in [-0.05, 0) is 51.8 Å². The van der Waals surface area contributed by atoms with Gasteiger partial charge in [0, 0.05) is 43.7 Å². The molecule has 4 rings (SSSR count). The second kappa shape index (κ2) is 14.8. The number of fused-ring (bicyclic) bond motifs is 1. The average Bonchev–Trinajstić information content (AvgIpc) is 3.55. The highest BCUT2D eigenvalue weighted by atomic mass is 35.5. The second-order valence-corrected chi connectivity index (χ2v) is 10.7. The Balaban J connectivity index is 0.00000205. The summed E-state index contributed by atoms with van der Waals surface area (Å²) < 4.78 is 49.6. The molecule has 1 aliphatic rings. The molecule has 1 aromatic heterocycles. The van der Waals surface area contributed by atoms with Crippen molar-refractivity contribution in [1.29, 1.82) is 0 Å². The molecule has 7 nitrogen and oxygen atoms in total. The summed E-state index contributed by atoms with van der Waals surface area (Å²) in [5.74, 6) is -0.722. The number of Topliss-reactive ketones (excluding diaryl/α,β-unsaturated/α-hetero) is 1. The van der Waals surface area contributed by atoms with Gasteiger partial charge in [-0.2, -0.15) is 0 Å². The third-order valence-electron chi connectivity index (χ3n) is 6.24. The summed E-state index contributed by atoms with van der Waals surface area (Å²) in [5, 5.41) is 1.69. The zero-order chi connectivity index (χ0) is 28.5. The van der Waals surface area contributed by atoms with Gasteiger partial charge in [-0.15, -0.1) is 0 Å². The average molecular weight is 587 g/mol. The number of aromatic nitrogens is 1. The van der Waals surface area contributed by atoms with E-state index in [1.54, 1.807) is 27.8 Å². The van der Waals surface area contributed by atoms with Crippen LogP contribution in [0.1, 0.15) is 49.5 Å². The van der Waals surface area contributed by atoms with Crippen molar-refractivity contribution in [3.8, 4) is 0 Å². The van der Waals surface area contributed by atoms with Crippen LogP contribution >= 0.6 is 20.0 Å². The number of likely N-dealkylation sites (tertiary alicyclic amines) is 1. The molecule has 0 N–H and O–H groups in total. The fourth-order valence-corrected chi connectivity index (χ4v) is 5.96. The van der Waals surface area contributed by atoms with Gasteiger partial charge in [-0.1, -0.05) is 29.8 Å². The third kappa shape index (κ3) is 7.38. The normalized spacial score (nSPS) is 15.1. The van der Waals surface area contributed by atoms with Gasteiger partial charge in [0.05, 0.1) is 30.4 Å². The predicted octanol–water partition coefficient (Wildman–Crippen LogP) is 6.65. The number of ketones is 1. The zero-order valence-electron chi connectivity index (χ0n) is 22.0. The van der Waals surface area contributed by atoms with Crippen molar-refractivity contribution < 1.29 is 36.9 Å². The lowest BCUT2D eigenvalue weighted by molar-refractivity contribution is -0.143. The first-order valence-corrected chi connectivity index (χ1v) is 14.1. The molecule has 0 bridgehead atoms. The Kier molecular flexibility index (Phi) is 11.8. The smallest absolute Gasteiger partial charge is 0.244 e. The summed E-state index contributed by atoms with van der Waals surface area (Å²) in [6.07, 6.45) is 2.72. The molecule has 2 aromatic carbocycles. The van der Waals surface area contributed by atoms with Crippen LogP contribution in [0.3, 0.4) is 0 Å². The Morgan fingerprint density at radius 1 is 1.13 bits per heavy atom. The minimum absolute atomic E-state index is 0.0174. The summed E-state index contributed by atoms with van der Waals surface area (Å²) in [5.41, 5.74) is 1.67. The van der Waals surface area contributed by atoms with Gasteiger partial charge < -0.3 is 23.3 Å². The third-order valence-corrected chi connectivity index (χ3v) is 8.21. The molecule has 3 aromatic rings. The van der Waals surface area contributed by atoms with E-state index < -0.39 is 20.4 Å². The summed E-state index contributed by atoms with van der Waals surface area (Å²) in [6.45, 7) is 6.97. The van der Waals surface area contributed by atoms with Crippen LogP contribution in [0.15, 0.2) is 42.6 Å². The quantitative estimate of drug-likeness (QED) is 0.186. The molecule has 1 saturated heterocycles. The molecular weight excluding hydrogens is 556 g/mol. The highest BCUT2D eigenvalue weighted by molar-refractivity contribution is 7.56. The van der Waals surface area contributed by atoms with Gasteiger partial charge in [0.1, 0.15) is 18.6 Å². The van der Waals surface area contributed by atoms with Crippen LogP contribution < -0.4 is 5.30 Å². The van der Waals surface area contributed by atoms with Gasteiger partial charge in [-0.25, -0.2) is 4.39 Å². The largest absolute Gasteiger partial charge is 0.354 e. The lowest BCUT2D eigenvalue weighted by atomic mass is 10.1. The van der Waals surface area contributed by atoms with E-state index in [0.29, 0.717) is 37.3 Å². The number of carbonyl (C=O) groups excluding carboxylic acids is 2. The molecule has 12 heteroatoms. The topological polar surface area (TPSA) is 70.0 Å². The number of rotatable bonds is 11. The first kappa shape index (κ1) is 31.0. The number of benzene rings is 2. The maximum absolute atomic E-state index is 14.3. The van der Waals surface area contributed by atoms with Crippen molar-refractivity contribution in [2.45, 2.75) is 53.0 Å². The predicted molar refractivity (Wildman–Crippen MR) is 145 cm³/mol. The summed E-state index contributed by atoms with van der Waals surface area (Å²) >= 11 is 5.88. The van der Waals surface area contributed by atoms with Crippen molar-refractivity contribution in [3.05, 3.63) is 64.6 Å². The second-order valence-electron chi connectivity index (χ2n) is 8.73. The number of halogens is 4. The molecular formula is C27H31ClF3N2O5P. The number of nitrogens with zero attached hydrogens (tertiary/aromatic N) is 2. The van der Waals surface area contributed by atoms with Crippen molar-refractivity contribution >= 4 is 47.9 Å². The fraction of sp³-hybridized carbons (Fsp3) is 0.407. The van der Waals surface area contributed by atoms with Gasteiger partial charge in [-0.3, -0.25) is 9.59 Å². The van der Waals surface area contributed by atoms with Crippen LogP contribution in [0.2, 0.25) is 5.02 Å². The maximum atomic E-state index is 14.3. The van der Waals surface area contributed by atoms with E-state index in [-0.39, 0.29) is 29.9 Å². The maximum Gasteiger partial charge on any atom is 0.244 e. The van der Waals surface area contributed by atoms with Crippen molar-refractivity contribution in [2.24, 2.45) is 0 Å². The van der Waals surface area contributed by atoms with Gasteiger partial charge in [0.15, 0.2) is 5.78 Å². The van der Waals surface area contributed by atoms with Gasteiger partial charge >= 0.3 is 0 Å². The van der Waals surface area contributed by atoms with Gasteiger partial charge in [0.25, 0.3) is 0 Å². The molecule has 1 atom stereocenters. The molecule has 1 fully saturated rings. The molecule has 2 heterocycles. The van der Waals surface area contributed by atoms with Crippen molar-refractivity contribution in [1.82, 2.24) is 9.47 Å². The number of ether oxygens (including phenoxy) is 1. The first-order valence-electron chi connectivity index (χ1n) is 12.5. The van der Waals surface area contributed by atoms with E-state index >= 15 is 0 Å². The van der Waals surface area contributed by atoms with Crippen molar-refractivity contribution in [2.75, 3.05) is 19.8 Å². The number of hydrogen-bond acceptors (Lipinski definition) is 5. The SMILES string of the molecule is CCOP(OCC)c1ccc2c(C(C)=O)cn(CC(=O)N3CCCC3OCc3cccc(Cl)c3F)c2c1.FF. The van der Waals surface area contributed by atoms with E-state index in [2.05, 4.69) is 0 Å². The summed E-state index contributed by atoms with van der Waals surface area (Å²) in [6, 6.07) is 10.5. The van der Waals surface area contributed by atoms with E-state index in [0.717, 1.165) is 22.6 Å². The summed E-state index contributed by atoms with van der Waals surface area (Å²) in [7, 11) is -1.27. The van der Waals surface area contributed by atoms with Crippen LogP contribution in [-0.2, 0) is 31.7 Å². The minimum atomic E-state index is -1.27. The number of amides is 1. The van der Waals surface area contributed by atoms with Crippen LogP contribution in [0.25, 0.3) is 10.9 Å². The molecule has 39 heavy (non-hydrogen) atoms. The lowest BCUT2D eigenvalue weighted by Gasteiger charge is -2.25. The molecule has 1 aliphatic heterocycles. The fourth-order valence-electron chi connectivity index (χ4n) is 4.50. The van der Waals surface area contributed by atoms with E-state index in [4.69, 9.17) is 34.5 Å². The van der Waals surface area contributed by atoms with Crippen LogP contribution in [0.5, 0.6) is 0 Å². The molecule has 0 aliphatic carbocycles. The van der Waals surface area contributed by atoms with E-state index in [1.165, 1.54) is 13.0 Å². The number of hydrogen-bond donors (Lipinski definition) is 0. The van der Waals surface area contributed by atoms with Gasteiger partial charge in [0.2, 0.25) is 14.3 Å². The molecule has 212 valence electrons. The molecule has 1 unspecified atom stereocenters. The lowest BCUT2D eigenvalue weighted by Crippen LogP contribution is -2.39. The Bertz CT molecular complexity index is 1290. The van der Waals surface area contributed by atoms with Crippen LogP contribution in [0.4, 0.5) is 13.5 Å². The first-order chi connectivity index (χ1) is 18.8. The Morgan fingerprint density at radius 2 is 1.85 bits per heavy atom. The van der Waals surface area contributed by atoms with Crippen molar-refractivity contribution in [3.63, 3.8) is 0 Å². The standard InChI is InChI=1S/C27H31ClFN2O5P.F2/c1-4-35-37(36-5-2)20-11-12-21-22(18(3)32)15-30(24(21)14-20)16-25(33)31-13-7-10-26(31)34-17-19-8-6-9-23(28)27(19)29;1-2/h6,8-9,11-12,14-15,26H,4-5,7,10,13,16-17H2,1-3H3;. The van der Waals surface area contributed by atoms with E-state index in [1.807, 2.05) is 32.0 Å². The summed E-state index contributed by atoms with van der Waals surface area (Å²) in [4.78, 5) is 27.4. The molecule has 0 spiro atoms. The Morgan fingerprint density at radius 3 is 2.51 bits per heavy atom. The molecule has 0 saturated carbocycles. The molecule has 0 radical (unpaired) electrons. The number of carbonyl (C=O) groups is 2. The van der Waals surface area contributed by atoms with E-state index in [9.17, 15) is 14.0 Å².